The summed E-state index contributed by atoms with van der Waals surface area (Å²) < 4.78 is 5.37. The molecule has 2 aromatic rings. The van der Waals surface area contributed by atoms with Crippen LogP contribution in [0.1, 0.15) is 18.4 Å². The van der Waals surface area contributed by atoms with E-state index in [1.54, 1.807) is 4.90 Å². The SMILES string of the molecule is Cc1ccccc1-c1cccc(NC(=O)N(C)CCCCN2CCOCC2)c1. The van der Waals surface area contributed by atoms with Gasteiger partial charge in [0.2, 0.25) is 0 Å². The summed E-state index contributed by atoms with van der Waals surface area (Å²) in [5.74, 6) is 0. The summed E-state index contributed by atoms with van der Waals surface area (Å²) in [7, 11) is 1.86. The Morgan fingerprint density at radius 3 is 2.68 bits per heavy atom. The lowest BCUT2D eigenvalue weighted by molar-refractivity contribution is 0.0370. The van der Waals surface area contributed by atoms with Gasteiger partial charge in [0, 0.05) is 32.4 Å². The van der Waals surface area contributed by atoms with Crippen molar-refractivity contribution in [1.29, 1.82) is 0 Å². The van der Waals surface area contributed by atoms with Crippen molar-refractivity contribution in [2.24, 2.45) is 0 Å². The quantitative estimate of drug-likeness (QED) is 0.730. The first-order valence-corrected chi connectivity index (χ1v) is 10.1. The van der Waals surface area contributed by atoms with Gasteiger partial charge in [-0.05, 0) is 55.1 Å². The first kappa shape index (κ1) is 20.4. The second kappa shape index (κ2) is 10.2. The highest BCUT2D eigenvalue weighted by atomic mass is 16.5. The predicted molar refractivity (Wildman–Crippen MR) is 115 cm³/mol. The number of unbranched alkanes of at least 4 members (excludes halogenated alkanes) is 1. The Bertz CT molecular complexity index is 772. The van der Waals surface area contributed by atoms with E-state index in [4.69, 9.17) is 4.74 Å². The third-order valence-electron chi connectivity index (χ3n) is 5.24. The molecule has 1 saturated heterocycles. The van der Waals surface area contributed by atoms with Crippen molar-refractivity contribution in [2.45, 2.75) is 19.8 Å². The molecule has 2 amide bonds. The van der Waals surface area contributed by atoms with E-state index in [-0.39, 0.29) is 6.03 Å². The third-order valence-corrected chi connectivity index (χ3v) is 5.24. The largest absolute Gasteiger partial charge is 0.379 e. The number of amides is 2. The van der Waals surface area contributed by atoms with Crippen molar-refractivity contribution in [3.8, 4) is 11.1 Å². The lowest BCUT2D eigenvalue weighted by Gasteiger charge is -2.26. The number of aryl methyl sites for hydroxylation is 1. The summed E-state index contributed by atoms with van der Waals surface area (Å²) in [5.41, 5.74) is 4.36. The average molecular weight is 382 g/mol. The normalized spacial score (nSPS) is 14.6. The van der Waals surface area contributed by atoms with Crippen LogP contribution in [0, 0.1) is 6.92 Å². The predicted octanol–water partition coefficient (Wildman–Crippen LogP) is 4.24. The summed E-state index contributed by atoms with van der Waals surface area (Å²) in [6.45, 7) is 7.66. The Morgan fingerprint density at radius 1 is 1.11 bits per heavy atom. The molecule has 150 valence electrons. The van der Waals surface area contributed by atoms with E-state index >= 15 is 0 Å². The highest BCUT2D eigenvalue weighted by Crippen LogP contribution is 2.25. The minimum Gasteiger partial charge on any atom is -0.379 e. The molecule has 5 nitrogen and oxygen atoms in total. The fraction of sp³-hybridized carbons (Fsp3) is 0.435. The Kier molecular flexibility index (Phi) is 7.46. The molecule has 3 rings (SSSR count). The van der Waals surface area contributed by atoms with Gasteiger partial charge in [0.15, 0.2) is 0 Å². The van der Waals surface area contributed by atoms with Gasteiger partial charge in [-0.15, -0.1) is 0 Å². The van der Waals surface area contributed by atoms with E-state index in [1.165, 1.54) is 11.1 Å². The Hall–Kier alpha value is -2.37. The summed E-state index contributed by atoms with van der Waals surface area (Å²) in [4.78, 5) is 16.7. The molecule has 2 aromatic carbocycles. The summed E-state index contributed by atoms with van der Waals surface area (Å²) in [6, 6.07) is 16.3. The van der Waals surface area contributed by atoms with Gasteiger partial charge in [-0.3, -0.25) is 4.90 Å². The van der Waals surface area contributed by atoms with Gasteiger partial charge in [0.05, 0.1) is 13.2 Å². The molecule has 5 heteroatoms. The van der Waals surface area contributed by atoms with Crippen LogP contribution in [0.25, 0.3) is 11.1 Å². The lowest BCUT2D eigenvalue weighted by Crippen LogP contribution is -2.37. The van der Waals surface area contributed by atoms with Gasteiger partial charge in [-0.25, -0.2) is 4.79 Å². The maximum atomic E-state index is 12.5. The molecule has 0 aromatic heterocycles. The van der Waals surface area contributed by atoms with Gasteiger partial charge < -0.3 is 15.0 Å². The number of hydrogen-bond donors (Lipinski definition) is 1. The molecule has 0 aliphatic carbocycles. The van der Waals surface area contributed by atoms with Gasteiger partial charge in [0.25, 0.3) is 0 Å². The van der Waals surface area contributed by atoms with Gasteiger partial charge >= 0.3 is 6.03 Å². The minimum atomic E-state index is -0.0618. The van der Waals surface area contributed by atoms with Crippen LogP contribution >= 0.6 is 0 Å². The zero-order chi connectivity index (χ0) is 19.8. The van der Waals surface area contributed by atoms with Gasteiger partial charge in [-0.1, -0.05) is 36.4 Å². The van der Waals surface area contributed by atoms with Crippen LogP contribution < -0.4 is 5.32 Å². The highest BCUT2D eigenvalue weighted by Gasteiger charge is 2.12. The van der Waals surface area contributed by atoms with Crippen LogP contribution in [-0.2, 0) is 4.74 Å². The fourth-order valence-electron chi connectivity index (χ4n) is 3.49. The lowest BCUT2D eigenvalue weighted by atomic mass is 10.0. The van der Waals surface area contributed by atoms with E-state index in [9.17, 15) is 4.79 Å². The summed E-state index contributed by atoms with van der Waals surface area (Å²) >= 11 is 0. The molecule has 0 atom stereocenters. The topological polar surface area (TPSA) is 44.8 Å². The zero-order valence-electron chi connectivity index (χ0n) is 17.0. The molecule has 1 N–H and O–H groups in total. The van der Waals surface area contributed by atoms with Crippen LogP contribution in [-0.4, -0.2) is 62.3 Å². The molecule has 1 aliphatic heterocycles. The van der Waals surface area contributed by atoms with Crippen LogP contribution in [0.5, 0.6) is 0 Å². The van der Waals surface area contributed by atoms with E-state index in [2.05, 4.69) is 35.3 Å². The number of ether oxygens (including phenoxy) is 1. The van der Waals surface area contributed by atoms with Crippen LogP contribution in [0.4, 0.5) is 10.5 Å². The van der Waals surface area contributed by atoms with E-state index in [1.807, 2.05) is 37.4 Å². The molecule has 1 heterocycles. The number of benzene rings is 2. The number of rotatable bonds is 7. The number of hydrogen-bond acceptors (Lipinski definition) is 3. The van der Waals surface area contributed by atoms with Crippen LogP contribution in [0.3, 0.4) is 0 Å². The smallest absolute Gasteiger partial charge is 0.321 e. The number of carbonyl (C=O) groups is 1. The molecule has 28 heavy (non-hydrogen) atoms. The van der Waals surface area contributed by atoms with Crippen LogP contribution in [0.2, 0.25) is 0 Å². The summed E-state index contributed by atoms with van der Waals surface area (Å²) in [5, 5.41) is 3.02. The first-order valence-electron chi connectivity index (χ1n) is 10.1. The number of morpholine rings is 1. The average Bonchev–Trinajstić information content (AvgIpc) is 2.72. The van der Waals surface area contributed by atoms with Crippen molar-refractivity contribution in [2.75, 3.05) is 51.8 Å². The molecule has 1 fully saturated rings. The molecular formula is C23H31N3O2. The monoisotopic (exact) mass is 381 g/mol. The van der Waals surface area contributed by atoms with Crippen molar-refractivity contribution in [1.82, 2.24) is 9.80 Å². The Morgan fingerprint density at radius 2 is 1.89 bits per heavy atom. The van der Waals surface area contributed by atoms with Gasteiger partial charge in [0.1, 0.15) is 0 Å². The third kappa shape index (κ3) is 5.81. The van der Waals surface area contributed by atoms with Gasteiger partial charge in [-0.2, -0.15) is 0 Å². The van der Waals surface area contributed by atoms with E-state index in [0.717, 1.165) is 63.5 Å². The van der Waals surface area contributed by atoms with E-state index in [0.29, 0.717) is 0 Å². The van der Waals surface area contributed by atoms with Crippen LogP contribution in [0.15, 0.2) is 48.5 Å². The molecule has 0 unspecified atom stereocenters. The van der Waals surface area contributed by atoms with Crippen molar-refractivity contribution in [3.63, 3.8) is 0 Å². The number of anilines is 1. The Balaban J connectivity index is 1.47. The standard InChI is InChI=1S/C23H31N3O2/c1-19-8-3-4-11-22(19)20-9-7-10-21(18-20)24-23(27)25(2)12-5-6-13-26-14-16-28-17-15-26/h3-4,7-11,18H,5-6,12-17H2,1-2H3,(H,24,27). The Labute approximate surface area is 168 Å². The molecule has 0 saturated carbocycles. The highest BCUT2D eigenvalue weighted by molar-refractivity contribution is 5.90. The van der Waals surface area contributed by atoms with Crippen molar-refractivity contribution in [3.05, 3.63) is 54.1 Å². The second-order valence-corrected chi connectivity index (χ2v) is 7.41. The molecule has 0 spiro atoms. The summed E-state index contributed by atoms with van der Waals surface area (Å²) in [6.07, 6.45) is 2.10. The maximum absolute atomic E-state index is 12.5. The second-order valence-electron chi connectivity index (χ2n) is 7.41. The zero-order valence-corrected chi connectivity index (χ0v) is 17.0. The number of nitrogens with one attached hydrogen (secondary N) is 1. The van der Waals surface area contributed by atoms with Crippen molar-refractivity contribution < 1.29 is 9.53 Å². The number of carbonyl (C=O) groups excluding carboxylic acids is 1. The molecule has 0 bridgehead atoms. The number of urea groups is 1. The van der Waals surface area contributed by atoms with Crippen molar-refractivity contribution >= 4 is 11.7 Å². The number of nitrogens with zero attached hydrogens (tertiary/aromatic N) is 2. The first-order chi connectivity index (χ1) is 13.6. The molecule has 1 aliphatic rings. The molecule has 0 radical (unpaired) electrons. The molecular weight excluding hydrogens is 350 g/mol. The fourth-order valence-corrected chi connectivity index (χ4v) is 3.49. The van der Waals surface area contributed by atoms with E-state index < -0.39 is 0 Å². The minimum absolute atomic E-state index is 0.0618. The maximum Gasteiger partial charge on any atom is 0.321 e.